The van der Waals surface area contributed by atoms with E-state index in [0.29, 0.717) is 0 Å². The third kappa shape index (κ3) is 1.84. The van der Waals surface area contributed by atoms with Gasteiger partial charge in [0.1, 0.15) is 0 Å². The largest absolute Gasteiger partial charge is 0.0596 e. The lowest BCUT2D eigenvalue weighted by molar-refractivity contribution is 0.225. The second-order valence-corrected chi connectivity index (χ2v) is 5.35. The van der Waals surface area contributed by atoms with Gasteiger partial charge in [-0.1, -0.05) is 39.0 Å². The van der Waals surface area contributed by atoms with Crippen LogP contribution in [0.4, 0.5) is 0 Å². The van der Waals surface area contributed by atoms with Crippen LogP contribution in [0.15, 0.2) is 0 Å². The molecule has 2 saturated carbocycles. The Hall–Kier alpha value is 0. The molecule has 2 unspecified atom stereocenters. The first kappa shape index (κ1) is 8.59. The van der Waals surface area contributed by atoms with E-state index in [0.717, 1.165) is 11.3 Å². The summed E-state index contributed by atoms with van der Waals surface area (Å²) in [6, 6.07) is 0. The lowest BCUT2D eigenvalue weighted by Gasteiger charge is -2.30. The fourth-order valence-electron chi connectivity index (χ4n) is 3.16. The zero-order valence-electron chi connectivity index (χ0n) is 8.44. The van der Waals surface area contributed by atoms with E-state index in [2.05, 4.69) is 6.92 Å². The summed E-state index contributed by atoms with van der Waals surface area (Å²) >= 11 is 0. The molecule has 0 aromatic rings. The maximum atomic E-state index is 2.53. The van der Waals surface area contributed by atoms with Gasteiger partial charge in [0.15, 0.2) is 0 Å². The topological polar surface area (TPSA) is 0 Å². The SMILES string of the molecule is CC12CCCCC(CCC1)CC2. The Bertz CT molecular complexity index is 146. The predicted molar refractivity (Wildman–Crippen MR) is 53.2 cm³/mol. The average molecular weight is 166 g/mol. The minimum absolute atomic E-state index is 0.745. The molecule has 2 aliphatic carbocycles. The van der Waals surface area contributed by atoms with Crippen LogP contribution >= 0.6 is 0 Å². The molecule has 0 spiro atoms. The molecule has 0 aromatic carbocycles. The minimum atomic E-state index is 0.745. The van der Waals surface area contributed by atoms with E-state index in [1.807, 2.05) is 0 Å². The molecular weight excluding hydrogens is 144 g/mol. The molecule has 2 fully saturated rings. The first-order valence-electron chi connectivity index (χ1n) is 5.79. The maximum absolute atomic E-state index is 2.53. The zero-order valence-corrected chi connectivity index (χ0v) is 8.44. The van der Waals surface area contributed by atoms with E-state index < -0.39 is 0 Å². The Balaban J connectivity index is 2.06. The van der Waals surface area contributed by atoms with Crippen molar-refractivity contribution in [3.8, 4) is 0 Å². The van der Waals surface area contributed by atoms with E-state index in [1.165, 1.54) is 57.8 Å². The summed E-state index contributed by atoms with van der Waals surface area (Å²) in [5, 5.41) is 0. The first-order chi connectivity index (χ1) is 5.79. The Morgan fingerprint density at radius 3 is 2.50 bits per heavy atom. The molecule has 0 aromatic heterocycles. The van der Waals surface area contributed by atoms with E-state index in [-0.39, 0.29) is 0 Å². The molecule has 2 bridgehead atoms. The van der Waals surface area contributed by atoms with Crippen LogP contribution in [0.2, 0.25) is 0 Å². The summed E-state index contributed by atoms with van der Waals surface area (Å²) in [5.74, 6) is 1.10. The first-order valence-corrected chi connectivity index (χ1v) is 5.79. The van der Waals surface area contributed by atoms with Crippen LogP contribution in [0.3, 0.4) is 0 Å². The Morgan fingerprint density at radius 1 is 0.833 bits per heavy atom. The van der Waals surface area contributed by atoms with Crippen LogP contribution in [-0.4, -0.2) is 0 Å². The van der Waals surface area contributed by atoms with Gasteiger partial charge in [0.25, 0.3) is 0 Å². The maximum Gasteiger partial charge on any atom is -0.0326 e. The van der Waals surface area contributed by atoms with Crippen molar-refractivity contribution in [1.82, 2.24) is 0 Å². The standard InChI is InChI=1S/C12H22/c1-12-8-3-2-5-11(7-10-12)6-4-9-12/h11H,2-10H2,1H3. The van der Waals surface area contributed by atoms with Crippen molar-refractivity contribution in [3.63, 3.8) is 0 Å². The van der Waals surface area contributed by atoms with Crippen molar-refractivity contribution < 1.29 is 0 Å². The monoisotopic (exact) mass is 166 g/mol. The van der Waals surface area contributed by atoms with Gasteiger partial charge in [0, 0.05) is 0 Å². The van der Waals surface area contributed by atoms with E-state index in [9.17, 15) is 0 Å². The number of rotatable bonds is 0. The van der Waals surface area contributed by atoms with E-state index >= 15 is 0 Å². The number of hydrogen-bond acceptors (Lipinski definition) is 0. The highest BCUT2D eigenvalue weighted by Crippen LogP contribution is 2.43. The summed E-state index contributed by atoms with van der Waals surface area (Å²) in [6.07, 6.45) is 13.7. The van der Waals surface area contributed by atoms with Crippen LogP contribution in [0, 0.1) is 11.3 Å². The molecule has 0 heteroatoms. The van der Waals surface area contributed by atoms with Crippen molar-refractivity contribution in [2.45, 2.75) is 64.7 Å². The van der Waals surface area contributed by atoms with Gasteiger partial charge in [-0.3, -0.25) is 0 Å². The Labute approximate surface area is 76.7 Å². The summed E-state index contributed by atoms with van der Waals surface area (Å²) < 4.78 is 0. The molecule has 0 heterocycles. The highest BCUT2D eigenvalue weighted by Gasteiger charge is 2.29. The molecule has 0 saturated heterocycles. The Kier molecular flexibility index (Phi) is 2.43. The molecule has 0 radical (unpaired) electrons. The van der Waals surface area contributed by atoms with Crippen molar-refractivity contribution in [2.24, 2.45) is 11.3 Å². The summed E-state index contributed by atoms with van der Waals surface area (Å²) in [4.78, 5) is 0. The predicted octanol–water partition coefficient (Wildman–Crippen LogP) is 4.15. The minimum Gasteiger partial charge on any atom is -0.0596 e. The van der Waals surface area contributed by atoms with Crippen LogP contribution in [0.25, 0.3) is 0 Å². The highest BCUT2D eigenvalue weighted by molar-refractivity contribution is 4.82. The zero-order chi connectivity index (χ0) is 8.44. The molecule has 2 rings (SSSR count). The van der Waals surface area contributed by atoms with Gasteiger partial charge in [-0.2, -0.15) is 0 Å². The molecule has 0 aliphatic heterocycles. The smallest absolute Gasteiger partial charge is 0.0326 e. The quantitative estimate of drug-likeness (QED) is 0.507. The van der Waals surface area contributed by atoms with Gasteiger partial charge >= 0.3 is 0 Å². The van der Waals surface area contributed by atoms with E-state index in [4.69, 9.17) is 0 Å². The second-order valence-electron chi connectivity index (χ2n) is 5.35. The van der Waals surface area contributed by atoms with Crippen LogP contribution < -0.4 is 0 Å². The fraction of sp³-hybridized carbons (Fsp3) is 1.00. The molecule has 2 atom stereocenters. The van der Waals surface area contributed by atoms with E-state index in [1.54, 1.807) is 0 Å². The number of fused-ring (bicyclic) bond motifs is 3. The molecule has 70 valence electrons. The van der Waals surface area contributed by atoms with Crippen molar-refractivity contribution in [3.05, 3.63) is 0 Å². The summed E-state index contributed by atoms with van der Waals surface area (Å²) in [6.45, 7) is 2.53. The van der Waals surface area contributed by atoms with Gasteiger partial charge in [0.05, 0.1) is 0 Å². The van der Waals surface area contributed by atoms with Gasteiger partial charge in [-0.05, 0) is 37.0 Å². The van der Waals surface area contributed by atoms with Gasteiger partial charge < -0.3 is 0 Å². The van der Waals surface area contributed by atoms with Crippen molar-refractivity contribution in [2.75, 3.05) is 0 Å². The lowest BCUT2D eigenvalue weighted by atomic mass is 9.76. The summed E-state index contributed by atoms with van der Waals surface area (Å²) in [7, 11) is 0. The average Bonchev–Trinajstić information content (AvgIpc) is 2.14. The Morgan fingerprint density at radius 2 is 1.58 bits per heavy atom. The third-order valence-corrected chi connectivity index (χ3v) is 4.19. The van der Waals surface area contributed by atoms with Crippen molar-refractivity contribution >= 4 is 0 Å². The lowest BCUT2D eigenvalue weighted by Crippen LogP contribution is -2.16. The second kappa shape index (κ2) is 3.40. The van der Waals surface area contributed by atoms with Crippen molar-refractivity contribution in [1.29, 1.82) is 0 Å². The molecule has 12 heavy (non-hydrogen) atoms. The fourth-order valence-corrected chi connectivity index (χ4v) is 3.16. The van der Waals surface area contributed by atoms with Crippen LogP contribution in [0.5, 0.6) is 0 Å². The molecule has 0 amide bonds. The molecule has 0 nitrogen and oxygen atoms in total. The van der Waals surface area contributed by atoms with Crippen LogP contribution in [0.1, 0.15) is 64.7 Å². The molecule has 2 aliphatic rings. The number of hydrogen-bond donors (Lipinski definition) is 0. The van der Waals surface area contributed by atoms with Gasteiger partial charge in [-0.15, -0.1) is 0 Å². The normalized spacial score (nSPS) is 43.2. The molecular formula is C12H22. The highest BCUT2D eigenvalue weighted by atomic mass is 14.3. The molecule has 0 N–H and O–H groups in total. The van der Waals surface area contributed by atoms with Crippen LogP contribution in [-0.2, 0) is 0 Å². The summed E-state index contributed by atoms with van der Waals surface area (Å²) in [5.41, 5.74) is 0.745. The van der Waals surface area contributed by atoms with Gasteiger partial charge in [-0.25, -0.2) is 0 Å². The third-order valence-electron chi connectivity index (χ3n) is 4.19. The van der Waals surface area contributed by atoms with Gasteiger partial charge in [0.2, 0.25) is 0 Å².